The van der Waals surface area contributed by atoms with Crippen LogP contribution in [-0.4, -0.2) is 10.8 Å². The van der Waals surface area contributed by atoms with E-state index in [-0.39, 0.29) is 11.7 Å². The molecule has 0 amide bonds. The molecule has 0 fully saturated rings. The van der Waals surface area contributed by atoms with Crippen molar-refractivity contribution in [3.8, 4) is 6.07 Å². The predicted molar refractivity (Wildman–Crippen MR) is 70.8 cm³/mol. The van der Waals surface area contributed by atoms with E-state index < -0.39 is 5.92 Å². The van der Waals surface area contributed by atoms with Crippen LogP contribution in [0.4, 0.5) is 0 Å². The van der Waals surface area contributed by atoms with Gasteiger partial charge in [-0.15, -0.1) is 0 Å². The predicted octanol–water partition coefficient (Wildman–Crippen LogP) is 1.90. The lowest BCUT2D eigenvalue weighted by atomic mass is 9.78. The van der Waals surface area contributed by atoms with Gasteiger partial charge in [0.25, 0.3) is 0 Å². The van der Waals surface area contributed by atoms with Crippen molar-refractivity contribution in [1.29, 1.82) is 5.26 Å². The highest BCUT2D eigenvalue weighted by molar-refractivity contribution is 5.99. The summed E-state index contributed by atoms with van der Waals surface area (Å²) >= 11 is 0. The smallest absolute Gasteiger partial charge is 0.205 e. The second kappa shape index (κ2) is 4.82. The average Bonchev–Trinajstić information content (AvgIpc) is 2.47. The zero-order chi connectivity index (χ0) is 14.1. The lowest BCUT2D eigenvalue weighted by molar-refractivity contribution is -0.116. The molecule has 1 aromatic rings. The van der Waals surface area contributed by atoms with Crippen LogP contribution in [0, 0.1) is 11.3 Å². The first-order valence-corrected chi connectivity index (χ1v) is 6.46. The van der Waals surface area contributed by atoms with Crippen LogP contribution in [0.25, 0.3) is 0 Å². The number of hydrogen-bond donors (Lipinski definition) is 1. The summed E-state index contributed by atoms with van der Waals surface area (Å²) in [5.41, 5.74) is 7.56. The number of pyridine rings is 1. The van der Waals surface area contributed by atoms with E-state index in [1.165, 1.54) is 0 Å². The molecule has 2 heterocycles. The zero-order valence-corrected chi connectivity index (χ0v) is 10.8. The third-order valence-electron chi connectivity index (χ3n) is 3.64. The number of nitrogens with zero attached hydrogens (tertiary/aromatic N) is 2. The zero-order valence-electron chi connectivity index (χ0n) is 10.8. The summed E-state index contributed by atoms with van der Waals surface area (Å²) in [6.07, 6.45) is 5.22. The van der Waals surface area contributed by atoms with Crippen LogP contribution in [0.1, 0.15) is 30.7 Å². The summed E-state index contributed by atoms with van der Waals surface area (Å²) in [4.78, 5) is 16.2. The van der Waals surface area contributed by atoms with Gasteiger partial charge in [0.1, 0.15) is 17.4 Å². The van der Waals surface area contributed by atoms with E-state index in [1.807, 2.05) is 0 Å². The van der Waals surface area contributed by atoms with Gasteiger partial charge in [0.05, 0.1) is 5.92 Å². The molecule has 100 valence electrons. The van der Waals surface area contributed by atoms with Gasteiger partial charge in [-0.25, -0.2) is 0 Å². The number of Topliss-reactive ketones (excluding diaryl/α,β-unsaturated/α-hetero) is 1. The first kappa shape index (κ1) is 12.4. The molecule has 0 bridgehead atoms. The third kappa shape index (κ3) is 1.86. The molecule has 0 radical (unpaired) electrons. The number of rotatable bonds is 1. The Kier molecular flexibility index (Phi) is 2.99. The number of ketones is 1. The molecule has 20 heavy (non-hydrogen) atoms. The van der Waals surface area contributed by atoms with E-state index in [0.29, 0.717) is 29.7 Å². The van der Waals surface area contributed by atoms with Crippen molar-refractivity contribution in [1.82, 2.24) is 4.98 Å². The summed E-state index contributed by atoms with van der Waals surface area (Å²) in [7, 11) is 0. The summed E-state index contributed by atoms with van der Waals surface area (Å²) in [5, 5.41) is 9.35. The molecule has 2 N–H and O–H groups in total. The van der Waals surface area contributed by atoms with Crippen molar-refractivity contribution in [2.45, 2.75) is 25.2 Å². The Labute approximate surface area is 116 Å². The lowest BCUT2D eigenvalue weighted by Gasteiger charge is -2.30. The summed E-state index contributed by atoms with van der Waals surface area (Å²) in [6, 6.07) is 5.68. The lowest BCUT2D eigenvalue weighted by Crippen LogP contribution is -2.27. The number of carbonyl (C=O) groups excluding carboxylic acids is 1. The monoisotopic (exact) mass is 267 g/mol. The molecule has 1 aromatic heterocycles. The molecule has 1 aliphatic carbocycles. The Balaban J connectivity index is 2.18. The number of nitrogens with two attached hydrogens (primary N) is 1. The number of allylic oxidation sites excluding steroid dienone is 3. The van der Waals surface area contributed by atoms with Gasteiger partial charge in [-0.2, -0.15) is 5.26 Å². The van der Waals surface area contributed by atoms with Crippen molar-refractivity contribution >= 4 is 5.78 Å². The van der Waals surface area contributed by atoms with E-state index in [1.54, 1.807) is 24.5 Å². The minimum Gasteiger partial charge on any atom is -0.444 e. The van der Waals surface area contributed by atoms with Gasteiger partial charge >= 0.3 is 0 Å². The van der Waals surface area contributed by atoms with E-state index in [9.17, 15) is 10.1 Å². The molecule has 3 rings (SSSR count). The summed E-state index contributed by atoms with van der Waals surface area (Å²) in [5.74, 6) is 0.315. The quantitative estimate of drug-likeness (QED) is 0.839. The third-order valence-corrected chi connectivity index (χ3v) is 3.64. The molecular formula is C15H13N3O2. The number of aromatic nitrogens is 1. The maximum atomic E-state index is 12.3. The van der Waals surface area contributed by atoms with Crippen LogP contribution in [0.3, 0.4) is 0 Å². The number of carbonyl (C=O) groups is 1. The van der Waals surface area contributed by atoms with Gasteiger partial charge in [-0.05, 0) is 24.1 Å². The normalized spacial score (nSPS) is 22.1. The molecule has 0 saturated carbocycles. The molecular weight excluding hydrogens is 254 g/mol. The fraction of sp³-hybridized carbons (Fsp3) is 0.267. The van der Waals surface area contributed by atoms with E-state index in [2.05, 4.69) is 11.1 Å². The first-order valence-electron chi connectivity index (χ1n) is 6.46. The van der Waals surface area contributed by atoms with Gasteiger partial charge in [0, 0.05) is 30.8 Å². The standard InChI is InChI=1S/C15H13N3O2/c16-8-10-13(9-4-6-18-7-5-9)14-11(19)2-1-3-12(14)20-15(10)17/h4-7,13H,1-3,17H2/t13-/m1/s1. The topological polar surface area (TPSA) is 89.0 Å². The molecule has 1 aliphatic heterocycles. The molecule has 1 atom stereocenters. The minimum absolute atomic E-state index is 0.0355. The van der Waals surface area contributed by atoms with Crippen LogP contribution in [0.2, 0.25) is 0 Å². The molecule has 0 unspecified atom stereocenters. The Bertz CT molecular complexity index is 668. The Morgan fingerprint density at radius 3 is 2.80 bits per heavy atom. The molecule has 2 aliphatic rings. The van der Waals surface area contributed by atoms with Crippen molar-refractivity contribution in [2.24, 2.45) is 5.73 Å². The second-order valence-electron chi connectivity index (χ2n) is 4.82. The molecule has 5 heteroatoms. The number of hydrogen-bond acceptors (Lipinski definition) is 5. The van der Waals surface area contributed by atoms with E-state index >= 15 is 0 Å². The van der Waals surface area contributed by atoms with Gasteiger partial charge in [0.2, 0.25) is 5.88 Å². The second-order valence-corrected chi connectivity index (χ2v) is 4.82. The van der Waals surface area contributed by atoms with Gasteiger partial charge < -0.3 is 10.5 Å². The van der Waals surface area contributed by atoms with Gasteiger partial charge in [-0.3, -0.25) is 9.78 Å². The van der Waals surface area contributed by atoms with Gasteiger partial charge in [-0.1, -0.05) is 0 Å². The minimum atomic E-state index is -0.431. The van der Waals surface area contributed by atoms with E-state index in [4.69, 9.17) is 10.5 Å². The van der Waals surface area contributed by atoms with Crippen LogP contribution >= 0.6 is 0 Å². The SMILES string of the molecule is N#CC1=C(N)OC2=C(C(=O)CCC2)[C@@H]1c1ccncc1. The van der Waals surface area contributed by atoms with Crippen molar-refractivity contribution in [2.75, 3.05) is 0 Å². The highest BCUT2D eigenvalue weighted by Gasteiger charge is 2.37. The maximum Gasteiger partial charge on any atom is 0.205 e. The maximum absolute atomic E-state index is 12.3. The fourth-order valence-electron chi connectivity index (χ4n) is 2.75. The largest absolute Gasteiger partial charge is 0.444 e. The molecule has 0 saturated heterocycles. The number of nitriles is 1. The Hall–Kier alpha value is -2.61. The van der Waals surface area contributed by atoms with E-state index in [0.717, 1.165) is 12.0 Å². The fourth-order valence-corrected chi connectivity index (χ4v) is 2.75. The van der Waals surface area contributed by atoms with Crippen LogP contribution in [0.15, 0.2) is 47.3 Å². The molecule has 0 aromatic carbocycles. The van der Waals surface area contributed by atoms with Crippen molar-refractivity contribution in [3.63, 3.8) is 0 Å². The summed E-state index contributed by atoms with van der Waals surface area (Å²) in [6.45, 7) is 0. The summed E-state index contributed by atoms with van der Waals surface area (Å²) < 4.78 is 5.49. The highest BCUT2D eigenvalue weighted by Crippen LogP contribution is 2.42. The van der Waals surface area contributed by atoms with Crippen LogP contribution < -0.4 is 5.73 Å². The van der Waals surface area contributed by atoms with Crippen LogP contribution in [0.5, 0.6) is 0 Å². The first-order chi connectivity index (χ1) is 9.72. The molecule has 0 spiro atoms. The molecule has 5 nitrogen and oxygen atoms in total. The van der Waals surface area contributed by atoms with Crippen molar-refractivity contribution < 1.29 is 9.53 Å². The number of ether oxygens (including phenoxy) is 1. The Morgan fingerprint density at radius 1 is 1.35 bits per heavy atom. The average molecular weight is 267 g/mol. The van der Waals surface area contributed by atoms with Gasteiger partial charge in [0.15, 0.2) is 5.78 Å². The van der Waals surface area contributed by atoms with Crippen molar-refractivity contribution in [3.05, 3.63) is 52.9 Å². The highest BCUT2D eigenvalue weighted by atomic mass is 16.5. The Morgan fingerprint density at radius 2 is 2.10 bits per heavy atom. The van der Waals surface area contributed by atoms with Crippen LogP contribution in [-0.2, 0) is 9.53 Å².